The highest BCUT2D eigenvalue weighted by Gasteiger charge is 2.14. The molecule has 0 unspecified atom stereocenters. The van der Waals surface area contributed by atoms with Crippen molar-refractivity contribution in [3.63, 3.8) is 0 Å². The number of halogens is 1. The third-order valence-corrected chi connectivity index (χ3v) is 3.41. The lowest BCUT2D eigenvalue weighted by atomic mass is 10.2. The SMILES string of the molecule is CCN(C(=O)COc1ccc(Cl)cc1C)c1ccccc1. The number of ether oxygens (including phenoxy) is 1. The molecule has 2 aromatic carbocycles. The molecule has 0 saturated heterocycles. The molecule has 0 spiro atoms. The number of carbonyl (C=O) groups is 1. The van der Waals surface area contributed by atoms with Crippen LogP contribution >= 0.6 is 11.6 Å². The number of carbonyl (C=O) groups excluding carboxylic acids is 1. The molecule has 0 aliphatic heterocycles. The predicted octanol–water partition coefficient (Wildman–Crippen LogP) is 4.08. The van der Waals surface area contributed by atoms with E-state index in [2.05, 4.69) is 0 Å². The molecule has 0 fully saturated rings. The zero-order chi connectivity index (χ0) is 15.2. The van der Waals surface area contributed by atoms with E-state index < -0.39 is 0 Å². The van der Waals surface area contributed by atoms with Gasteiger partial charge in [-0.2, -0.15) is 0 Å². The first-order valence-corrected chi connectivity index (χ1v) is 7.24. The Morgan fingerprint density at radius 2 is 1.90 bits per heavy atom. The van der Waals surface area contributed by atoms with Crippen molar-refractivity contribution in [3.05, 3.63) is 59.1 Å². The lowest BCUT2D eigenvalue weighted by Gasteiger charge is -2.21. The standard InChI is InChI=1S/C17H18ClNO2/c1-3-19(15-7-5-4-6-8-15)17(20)12-21-16-10-9-14(18)11-13(16)2/h4-11H,3,12H2,1-2H3. The summed E-state index contributed by atoms with van der Waals surface area (Å²) in [6.45, 7) is 4.45. The van der Waals surface area contributed by atoms with Crippen molar-refractivity contribution in [1.82, 2.24) is 0 Å². The van der Waals surface area contributed by atoms with E-state index in [0.717, 1.165) is 11.3 Å². The van der Waals surface area contributed by atoms with E-state index in [1.54, 1.807) is 17.0 Å². The van der Waals surface area contributed by atoms with Crippen LogP contribution < -0.4 is 9.64 Å². The Labute approximate surface area is 130 Å². The molecule has 0 radical (unpaired) electrons. The van der Waals surface area contributed by atoms with E-state index in [-0.39, 0.29) is 12.5 Å². The quantitative estimate of drug-likeness (QED) is 0.833. The van der Waals surface area contributed by atoms with Gasteiger partial charge in [-0.05, 0) is 49.7 Å². The van der Waals surface area contributed by atoms with Gasteiger partial charge in [0.2, 0.25) is 0 Å². The average molecular weight is 304 g/mol. The van der Waals surface area contributed by atoms with Gasteiger partial charge < -0.3 is 9.64 Å². The molecule has 21 heavy (non-hydrogen) atoms. The molecule has 0 aliphatic carbocycles. The van der Waals surface area contributed by atoms with Crippen molar-refractivity contribution in [2.75, 3.05) is 18.1 Å². The minimum Gasteiger partial charge on any atom is -0.483 e. The van der Waals surface area contributed by atoms with Crippen LogP contribution in [0, 0.1) is 6.92 Å². The van der Waals surface area contributed by atoms with E-state index in [4.69, 9.17) is 16.3 Å². The maximum atomic E-state index is 12.3. The van der Waals surface area contributed by atoms with E-state index in [9.17, 15) is 4.79 Å². The molecule has 2 aromatic rings. The summed E-state index contributed by atoms with van der Waals surface area (Å²) in [5, 5.41) is 0.658. The predicted molar refractivity (Wildman–Crippen MR) is 86.2 cm³/mol. The van der Waals surface area contributed by atoms with Crippen LogP contribution in [0.5, 0.6) is 5.75 Å². The van der Waals surface area contributed by atoms with E-state index >= 15 is 0 Å². The van der Waals surface area contributed by atoms with Gasteiger partial charge >= 0.3 is 0 Å². The number of para-hydroxylation sites is 1. The number of benzene rings is 2. The van der Waals surface area contributed by atoms with Crippen LogP contribution in [0.2, 0.25) is 5.02 Å². The van der Waals surface area contributed by atoms with E-state index in [1.165, 1.54) is 0 Å². The van der Waals surface area contributed by atoms with E-state index in [1.807, 2.05) is 50.2 Å². The van der Waals surface area contributed by atoms with Crippen molar-refractivity contribution in [3.8, 4) is 5.75 Å². The molecule has 3 nitrogen and oxygen atoms in total. The molecule has 0 N–H and O–H groups in total. The van der Waals surface area contributed by atoms with Crippen molar-refractivity contribution >= 4 is 23.2 Å². The minimum atomic E-state index is -0.0713. The first-order chi connectivity index (χ1) is 10.1. The van der Waals surface area contributed by atoms with Gasteiger partial charge in [-0.3, -0.25) is 4.79 Å². The zero-order valence-electron chi connectivity index (χ0n) is 12.2. The van der Waals surface area contributed by atoms with Gasteiger partial charge in [-0.25, -0.2) is 0 Å². The summed E-state index contributed by atoms with van der Waals surface area (Å²) in [6.07, 6.45) is 0. The average Bonchev–Trinajstić information content (AvgIpc) is 2.48. The first-order valence-electron chi connectivity index (χ1n) is 6.86. The monoisotopic (exact) mass is 303 g/mol. The Morgan fingerprint density at radius 3 is 2.52 bits per heavy atom. The third-order valence-electron chi connectivity index (χ3n) is 3.17. The molecule has 110 valence electrons. The fourth-order valence-corrected chi connectivity index (χ4v) is 2.33. The summed E-state index contributed by atoms with van der Waals surface area (Å²) in [7, 11) is 0. The van der Waals surface area contributed by atoms with Gasteiger partial charge in [0.15, 0.2) is 6.61 Å². The topological polar surface area (TPSA) is 29.5 Å². The van der Waals surface area contributed by atoms with Gasteiger partial charge in [-0.15, -0.1) is 0 Å². The maximum Gasteiger partial charge on any atom is 0.264 e. The van der Waals surface area contributed by atoms with Crippen LogP contribution in [0.1, 0.15) is 12.5 Å². The van der Waals surface area contributed by atoms with Crippen molar-refractivity contribution in [2.24, 2.45) is 0 Å². The van der Waals surface area contributed by atoms with Crippen LogP contribution in [-0.4, -0.2) is 19.1 Å². The molecule has 0 saturated carbocycles. The molecular weight excluding hydrogens is 286 g/mol. The Balaban J connectivity index is 2.03. The summed E-state index contributed by atoms with van der Waals surface area (Å²) in [5.41, 5.74) is 1.79. The largest absolute Gasteiger partial charge is 0.483 e. The third kappa shape index (κ3) is 3.99. The fourth-order valence-electron chi connectivity index (χ4n) is 2.10. The molecule has 2 rings (SSSR count). The highest BCUT2D eigenvalue weighted by molar-refractivity contribution is 6.30. The van der Waals surface area contributed by atoms with Crippen LogP contribution in [-0.2, 0) is 4.79 Å². The smallest absolute Gasteiger partial charge is 0.264 e. The number of nitrogens with zero attached hydrogens (tertiary/aromatic N) is 1. The van der Waals surface area contributed by atoms with Gasteiger partial charge in [-0.1, -0.05) is 29.8 Å². The van der Waals surface area contributed by atoms with Crippen molar-refractivity contribution in [1.29, 1.82) is 0 Å². The first kappa shape index (κ1) is 15.4. The number of hydrogen-bond donors (Lipinski definition) is 0. The van der Waals surface area contributed by atoms with Gasteiger partial charge in [0.25, 0.3) is 5.91 Å². The molecule has 0 aromatic heterocycles. The Bertz CT molecular complexity index is 613. The fraction of sp³-hybridized carbons (Fsp3) is 0.235. The highest BCUT2D eigenvalue weighted by Crippen LogP contribution is 2.22. The Kier molecular flexibility index (Phi) is 5.23. The summed E-state index contributed by atoms with van der Waals surface area (Å²) in [5.74, 6) is 0.606. The van der Waals surface area contributed by atoms with Crippen LogP contribution in [0.15, 0.2) is 48.5 Å². The number of hydrogen-bond acceptors (Lipinski definition) is 2. The summed E-state index contributed by atoms with van der Waals surface area (Å²) in [6, 6.07) is 14.9. The Hall–Kier alpha value is -2.00. The number of likely N-dealkylation sites (N-methyl/N-ethyl adjacent to an activating group) is 1. The van der Waals surface area contributed by atoms with Crippen molar-refractivity contribution < 1.29 is 9.53 Å². The molecule has 0 atom stereocenters. The van der Waals surface area contributed by atoms with Crippen LogP contribution in [0.4, 0.5) is 5.69 Å². The molecule has 0 aliphatic rings. The highest BCUT2D eigenvalue weighted by atomic mass is 35.5. The second-order valence-corrected chi connectivity index (χ2v) is 5.11. The Morgan fingerprint density at radius 1 is 1.19 bits per heavy atom. The van der Waals surface area contributed by atoms with Crippen LogP contribution in [0.3, 0.4) is 0 Å². The molecule has 0 heterocycles. The van der Waals surface area contributed by atoms with E-state index in [0.29, 0.717) is 17.3 Å². The molecule has 1 amide bonds. The number of anilines is 1. The summed E-state index contributed by atoms with van der Waals surface area (Å²) in [4.78, 5) is 14.0. The van der Waals surface area contributed by atoms with Crippen molar-refractivity contribution in [2.45, 2.75) is 13.8 Å². The molecule has 0 bridgehead atoms. The van der Waals surface area contributed by atoms with Gasteiger partial charge in [0.1, 0.15) is 5.75 Å². The lowest BCUT2D eigenvalue weighted by molar-refractivity contribution is -0.120. The second-order valence-electron chi connectivity index (χ2n) is 4.67. The normalized spacial score (nSPS) is 10.2. The minimum absolute atomic E-state index is 0.00517. The lowest BCUT2D eigenvalue weighted by Crippen LogP contribution is -2.34. The number of aryl methyl sites for hydroxylation is 1. The second kappa shape index (κ2) is 7.14. The maximum absolute atomic E-state index is 12.3. The molecule has 4 heteroatoms. The number of amides is 1. The van der Waals surface area contributed by atoms with Crippen LogP contribution in [0.25, 0.3) is 0 Å². The summed E-state index contributed by atoms with van der Waals surface area (Å²) >= 11 is 5.90. The molecular formula is C17H18ClNO2. The zero-order valence-corrected chi connectivity index (χ0v) is 12.9. The van der Waals surface area contributed by atoms with Gasteiger partial charge in [0, 0.05) is 17.3 Å². The van der Waals surface area contributed by atoms with Gasteiger partial charge in [0.05, 0.1) is 0 Å². The summed E-state index contributed by atoms with van der Waals surface area (Å²) < 4.78 is 5.61. The number of rotatable bonds is 5.